The number of likely N-dealkylation sites (tertiary alicyclic amines) is 1. The van der Waals surface area contributed by atoms with Crippen molar-refractivity contribution in [2.75, 3.05) is 31.1 Å². The number of nitrogens with zero attached hydrogens (tertiary/aromatic N) is 4. The van der Waals surface area contributed by atoms with Gasteiger partial charge in [-0.25, -0.2) is 9.97 Å². The number of carbonyl (C=O) groups is 1. The van der Waals surface area contributed by atoms with Gasteiger partial charge in [-0.2, -0.15) is 0 Å². The monoisotopic (exact) mass is 436 g/mol. The highest BCUT2D eigenvalue weighted by Gasteiger charge is 2.31. The van der Waals surface area contributed by atoms with Gasteiger partial charge in [0.2, 0.25) is 5.91 Å². The number of aromatic hydroxyl groups is 1. The molecular formula is C24H25ClN4O2. The second-order valence-corrected chi connectivity index (χ2v) is 8.78. The number of phenols is 1. The molecule has 2 fully saturated rings. The maximum absolute atomic E-state index is 12.8. The molecule has 31 heavy (non-hydrogen) atoms. The van der Waals surface area contributed by atoms with E-state index in [9.17, 15) is 9.90 Å². The van der Waals surface area contributed by atoms with Crippen LogP contribution in [0, 0.1) is 5.92 Å². The van der Waals surface area contributed by atoms with Crippen LogP contribution >= 0.6 is 11.6 Å². The first-order valence-electron chi connectivity index (χ1n) is 10.9. The standard InChI is InChI=1S/C24H25ClN4O2/c25-17-7-8-18-20(15-17)26-22(19-5-1-2-6-21(19)30)27-23(18)28-13-9-16(10-14-28)24(31)29-11-3-4-12-29/h1-2,5-8,15-16,30H,3-4,9-14H2. The van der Waals surface area contributed by atoms with Crippen LogP contribution in [0.15, 0.2) is 42.5 Å². The first-order chi connectivity index (χ1) is 15.1. The Labute approximate surface area is 186 Å². The fourth-order valence-corrected chi connectivity index (χ4v) is 4.81. The molecule has 3 heterocycles. The number of para-hydroxylation sites is 1. The van der Waals surface area contributed by atoms with Crippen molar-refractivity contribution in [1.29, 1.82) is 0 Å². The Morgan fingerprint density at radius 3 is 2.48 bits per heavy atom. The largest absolute Gasteiger partial charge is 0.507 e. The molecule has 1 aromatic heterocycles. The second kappa shape index (κ2) is 8.35. The van der Waals surface area contributed by atoms with Crippen molar-refractivity contribution in [3.63, 3.8) is 0 Å². The number of phenolic OH excluding ortho intramolecular Hbond substituents is 1. The second-order valence-electron chi connectivity index (χ2n) is 8.34. The number of halogens is 1. The summed E-state index contributed by atoms with van der Waals surface area (Å²) in [6.45, 7) is 3.33. The molecule has 5 rings (SSSR count). The summed E-state index contributed by atoms with van der Waals surface area (Å²) in [5.74, 6) is 1.84. The number of benzene rings is 2. The molecule has 0 radical (unpaired) electrons. The molecule has 0 bridgehead atoms. The van der Waals surface area contributed by atoms with Gasteiger partial charge in [-0.15, -0.1) is 0 Å². The van der Waals surface area contributed by atoms with E-state index >= 15 is 0 Å². The number of hydrogen-bond acceptors (Lipinski definition) is 5. The van der Waals surface area contributed by atoms with Crippen LogP contribution in [0.2, 0.25) is 5.02 Å². The number of aromatic nitrogens is 2. The highest BCUT2D eigenvalue weighted by atomic mass is 35.5. The molecule has 0 unspecified atom stereocenters. The quantitative estimate of drug-likeness (QED) is 0.654. The van der Waals surface area contributed by atoms with Crippen LogP contribution < -0.4 is 4.90 Å². The van der Waals surface area contributed by atoms with E-state index in [1.165, 1.54) is 0 Å². The molecular weight excluding hydrogens is 412 g/mol. The molecule has 6 nitrogen and oxygen atoms in total. The molecule has 7 heteroatoms. The van der Waals surface area contributed by atoms with Gasteiger partial charge < -0.3 is 14.9 Å². The first-order valence-corrected chi connectivity index (χ1v) is 11.3. The van der Waals surface area contributed by atoms with Crippen LogP contribution in [0.1, 0.15) is 25.7 Å². The van der Waals surface area contributed by atoms with Gasteiger partial charge in [0.15, 0.2) is 5.82 Å². The third-order valence-corrected chi connectivity index (χ3v) is 6.58. The zero-order valence-corrected chi connectivity index (χ0v) is 18.1. The van der Waals surface area contributed by atoms with Gasteiger partial charge in [-0.1, -0.05) is 23.7 Å². The molecule has 0 atom stereocenters. The molecule has 2 aliphatic heterocycles. The van der Waals surface area contributed by atoms with E-state index in [1.54, 1.807) is 12.1 Å². The SMILES string of the molecule is O=C(C1CCN(c2nc(-c3ccccc3O)nc3cc(Cl)ccc23)CC1)N1CCCC1. The highest BCUT2D eigenvalue weighted by molar-refractivity contribution is 6.31. The minimum absolute atomic E-state index is 0.0922. The lowest BCUT2D eigenvalue weighted by atomic mass is 9.95. The predicted octanol–water partition coefficient (Wildman–Crippen LogP) is 4.49. The van der Waals surface area contributed by atoms with Gasteiger partial charge >= 0.3 is 0 Å². The van der Waals surface area contributed by atoms with Gasteiger partial charge in [-0.05, 0) is 56.0 Å². The predicted molar refractivity (Wildman–Crippen MR) is 122 cm³/mol. The van der Waals surface area contributed by atoms with Crippen LogP contribution in [-0.2, 0) is 4.79 Å². The Morgan fingerprint density at radius 1 is 1.00 bits per heavy atom. The van der Waals surface area contributed by atoms with Crippen molar-refractivity contribution < 1.29 is 9.90 Å². The summed E-state index contributed by atoms with van der Waals surface area (Å²) < 4.78 is 0. The van der Waals surface area contributed by atoms with Gasteiger partial charge in [0.25, 0.3) is 0 Å². The fraction of sp³-hybridized carbons (Fsp3) is 0.375. The fourth-order valence-electron chi connectivity index (χ4n) is 4.64. The zero-order valence-electron chi connectivity index (χ0n) is 17.3. The Balaban J connectivity index is 1.46. The minimum atomic E-state index is 0.0922. The third-order valence-electron chi connectivity index (χ3n) is 6.35. The molecule has 2 aliphatic rings. The normalized spacial score (nSPS) is 17.5. The lowest BCUT2D eigenvalue weighted by Gasteiger charge is -2.34. The van der Waals surface area contributed by atoms with Gasteiger partial charge in [0.05, 0.1) is 11.1 Å². The summed E-state index contributed by atoms with van der Waals surface area (Å²) in [6.07, 6.45) is 3.88. The van der Waals surface area contributed by atoms with Crippen molar-refractivity contribution in [2.45, 2.75) is 25.7 Å². The first kappa shape index (κ1) is 20.1. The maximum atomic E-state index is 12.8. The molecule has 1 amide bonds. The van der Waals surface area contributed by atoms with E-state index in [0.717, 1.165) is 68.6 Å². The molecule has 0 spiro atoms. The summed E-state index contributed by atoms with van der Waals surface area (Å²) in [7, 11) is 0. The topological polar surface area (TPSA) is 69.6 Å². The minimum Gasteiger partial charge on any atom is -0.507 e. The van der Waals surface area contributed by atoms with Crippen molar-refractivity contribution in [3.05, 3.63) is 47.5 Å². The van der Waals surface area contributed by atoms with E-state index in [1.807, 2.05) is 35.2 Å². The van der Waals surface area contributed by atoms with Crippen molar-refractivity contribution in [1.82, 2.24) is 14.9 Å². The lowest BCUT2D eigenvalue weighted by Crippen LogP contribution is -2.42. The molecule has 3 aromatic rings. The third kappa shape index (κ3) is 3.92. The summed E-state index contributed by atoms with van der Waals surface area (Å²) in [6, 6.07) is 12.7. The number of anilines is 1. The lowest BCUT2D eigenvalue weighted by molar-refractivity contribution is -0.135. The van der Waals surface area contributed by atoms with Crippen LogP contribution in [0.25, 0.3) is 22.3 Å². The Hall–Kier alpha value is -2.86. The Morgan fingerprint density at radius 2 is 1.74 bits per heavy atom. The van der Waals surface area contributed by atoms with Crippen molar-refractivity contribution in [2.24, 2.45) is 5.92 Å². The van der Waals surface area contributed by atoms with Crippen LogP contribution in [-0.4, -0.2) is 52.1 Å². The molecule has 2 aromatic carbocycles. The smallest absolute Gasteiger partial charge is 0.225 e. The average molecular weight is 437 g/mol. The summed E-state index contributed by atoms with van der Waals surface area (Å²) >= 11 is 6.24. The molecule has 160 valence electrons. The summed E-state index contributed by atoms with van der Waals surface area (Å²) in [4.78, 5) is 26.6. The molecule has 0 aliphatic carbocycles. The van der Waals surface area contributed by atoms with E-state index in [0.29, 0.717) is 22.3 Å². The van der Waals surface area contributed by atoms with Gasteiger partial charge in [0, 0.05) is 42.5 Å². The Bertz CT molecular complexity index is 1120. The van der Waals surface area contributed by atoms with E-state index in [4.69, 9.17) is 16.6 Å². The molecule has 1 N–H and O–H groups in total. The number of amides is 1. The van der Waals surface area contributed by atoms with Gasteiger partial charge in [-0.3, -0.25) is 4.79 Å². The number of fused-ring (bicyclic) bond motifs is 1. The number of piperidine rings is 1. The molecule has 2 saturated heterocycles. The molecule has 0 saturated carbocycles. The van der Waals surface area contributed by atoms with Gasteiger partial charge in [0.1, 0.15) is 11.6 Å². The van der Waals surface area contributed by atoms with E-state index in [-0.39, 0.29) is 11.7 Å². The maximum Gasteiger partial charge on any atom is 0.225 e. The Kier molecular flexibility index (Phi) is 5.40. The highest BCUT2D eigenvalue weighted by Crippen LogP contribution is 2.34. The zero-order chi connectivity index (χ0) is 21.4. The van der Waals surface area contributed by atoms with Crippen LogP contribution in [0.4, 0.5) is 5.82 Å². The summed E-state index contributed by atoms with van der Waals surface area (Å²) in [5.41, 5.74) is 1.33. The number of hydrogen-bond donors (Lipinski definition) is 1. The van der Waals surface area contributed by atoms with Crippen molar-refractivity contribution >= 4 is 34.2 Å². The number of rotatable bonds is 3. The van der Waals surface area contributed by atoms with E-state index < -0.39 is 0 Å². The van der Waals surface area contributed by atoms with Crippen LogP contribution in [0.3, 0.4) is 0 Å². The number of carbonyl (C=O) groups excluding carboxylic acids is 1. The van der Waals surface area contributed by atoms with Crippen molar-refractivity contribution in [3.8, 4) is 17.1 Å². The van der Waals surface area contributed by atoms with Crippen LogP contribution in [0.5, 0.6) is 5.75 Å². The average Bonchev–Trinajstić information content (AvgIpc) is 3.33. The van der Waals surface area contributed by atoms with E-state index in [2.05, 4.69) is 9.88 Å². The summed E-state index contributed by atoms with van der Waals surface area (Å²) in [5, 5.41) is 11.9.